The number of nitrogens with one attached hydrogen (secondary N) is 1. The summed E-state index contributed by atoms with van der Waals surface area (Å²) in [6.45, 7) is 4.22. The minimum Gasteiger partial charge on any atom is -0.358 e. The maximum Gasteiger partial charge on any atom is 0.144 e. The van der Waals surface area contributed by atoms with Gasteiger partial charge in [0, 0.05) is 16.8 Å². The first-order chi connectivity index (χ1) is 6.66. The molecule has 72 valence electrons. The molecule has 1 aliphatic heterocycles. The molecule has 0 atom stereocenters. The lowest BCUT2D eigenvalue weighted by Crippen LogP contribution is -2.17. The zero-order chi connectivity index (χ0) is 10.2. The SMILES string of the molecule is CC1(C)/C(=C\C=O)Nc2ccccc21. The number of benzene rings is 1. The Bertz CT molecular complexity index is 405. The lowest BCUT2D eigenvalue weighted by Gasteiger charge is -2.19. The van der Waals surface area contributed by atoms with Gasteiger partial charge in [-0.1, -0.05) is 32.0 Å². The van der Waals surface area contributed by atoms with Gasteiger partial charge in [-0.05, 0) is 17.7 Å². The third-order valence-electron chi connectivity index (χ3n) is 2.78. The number of para-hydroxylation sites is 1. The largest absolute Gasteiger partial charge is 0.358 e. The van der Waals surface area contributed by atoms with Gasteiger partial charge in [-0.15, -0.1) is 0 Å². The minimum absolute atomic E-state index is 0.0858. The van der Waals surface area contributed by atoms with E-state index in [9.17, 15) is 4.79 Å². The predicted molar refractivity (Wildman–Crippen MR) is 57.2 cm³/mol. The fourth-order valence-corrected chi connectivity index (χ4v) is 1.90. The first kappa shape index (κ1) is 9.00. The summed E-state index contributed by atoms with van der Waals surface area (Å²) in [6.07, 6.45) is 2.43. The van der Waals surface area contributed by atoms with Crippen molar-refractivity contribution in [3.05, 3.63) is 41.6 Å². The van der Waals surface area contributed by atoms with Gasteiger partial charge in [-0.2, -0.15) is 0 Å². The molecule has 0 saturated heterocycles. The first-order valence-electron chi connectivity index (χ1n) is 4.69. The molecule has 2 nitrogen and oxygen atoms in total. The van der Waals surface area contributed by atoms with Crippen molar-refractivity contribution < 1.29 is 4.79 Å². The van der Waals surface area contributed by atoms with Crippen molar-refractivity contribution in [2.75, 3.05) is 5.32 Å². The van der Waals surface area contributed by atoms with E-state index in [1.54, 1.807) is 6.08 Å². The van der Waals surface area contributed by atoms with Gasteiger partial charge in [0.25, 0.3) is 0 Å². The molecule has 0 fully saturated rings. The molecule has 1 heterocycles. The van der Waals surface area contributed by atoms with E-state index in [1.165, 1.54) is 5.56 Å². The highest BCUT2D eigenvalue weighted by molar-refractivity contribution is 5.75. The van der Waals surface area contributed by atoms with Crippen LogP contribution in [-0.4, -0.2) is 6.29 Å². The van der Waals surface area contributed by atoms with E-state index < -0.39 is 0 Å². The monoisotopic (exact) mass is 187 g/mol. The molecule has 1 N–H and O–H groups in total. The number of allylic oxidation sites excluding steroid dienone is 2. The molecule has 1 aliphatic rings. The molecule has 0 saturated carbocycles. The fraction of sp³-hybridized carbons (Fsp3) is 0.250. The molecule has 0 aliphatic carbocycles. The van der Waals surface area contributed by atoms with Gasteiger partial charge in [0.15, 0.2) is 0 Å². The lowest BCUT2D eigenvalue weighted by molar-refractivity contribution is -0.104. The highest BCUT2D eigenvalue weighted by Crippen LogP contribution is 2.42. The molecule has 14 heavy (non-hydrogen) atoms. The molecule has 1 aromatic rings. The molecule has 0 unspecified atom stereocenters. The maximum absolute atomic E-state index is 10.5. The van der Waals surface area contributed by atoms with Gasteiger partial charge < -0.3 is 5.32 Å². The molecule has 0 amide bonds. The van der Waals surface area contributed by atoms with Crippen LogP contribution in [0.2, 0.25) is 0 Å². The molecule has 2 rings (SSSR count). The van der Waals surface area contributed by atoms with E-state index in [-0.39, 0.29) is 5.41 Å². The Kier molecular flexibility index (Phi) is 1.92. The van der Waals surface area contributed by atoms with Crippen LogP contribution < -0.4 is 5.32 Å². The first-order valence-corrected chi connectivity index (χ1v) is 4.69. The van der Waals surface area contributed by atoms with Crippen LogP contribution in [0.1, 0.15) is 19.4 Å². The fourth-order valence-electron chi connectivity index (χ4n) is 1.90. The second-order valence-electron chi connectivity index (χ2n) is 4.01. The van der Waals surface area contributed by atoms with Gasteiger partial charge in [0.1, 0.15) is 6.29 Å². The molecule has 0 spiro atoms. The number of carbonyl (C=O) groups is 1. The van der Waals surface area contributed by atoms with E-state index in [2.05, 4.69) is 25.2 Å². The van der Waals surface area contributed by atoms with E-state index in [1.807, 2.05) is 18.2 Å². The van der Waals surface area contributed by atoms with Crippen molar-refractivity contribution in [3.8, 4) is 0 Å². The van der Waals surface area contributed by atoms with Crippen LogP contribution in [0.3, 0.4) is 0 Å². The summed E-state index contributed by atoms with van der Waals surface area (Å²) in [5.41, 5.74) is 3.23. The Morgan fingerprint density at radius 1 is 1.29 bits per heavy atom. The zero-order valence-electron chi connectivity index (χ0n) is 8.37. The normalized spacial score (nSPS) is 20.3. The molecular weight excluding hydrogens is 174 g/mol. The Morgan fingerprint density at radius 3 is 2.64 bits per heavy atom. The smallest absolute Gasteiger partial charge is 0.144 e. The molecule has 0 bridgehead atoms. The van der Waals surface area contributed by atoms with Crippen LogP contribution in [0.5, 0.6) is 0 Å². The van der Waals surface area contributed by atoms with Crippen molar-refractivity contribution in [2.24, 2.45) is 0 Å². The van der Waals surface area contributed by atoms with Crippen LogP contribution in [0.25, 0.3) is 0 Å². The summed E-state index contributed by atoms with van der Waals surface area (Å²) in [5.74, 6) is 0. The van der Waals surface area contributed by atoms with Crippen LogP contribution in [0, 0.1) is 0 Å². The standard InChI is InChI=1S/C12H13NO/c1-12(2)9-5-3-4-6-10(9)13-11(12)7-8-14/h3-8,13H,1-2H3/b11-7+. The van der Waals surface area contributed by atoms with E-state index >= 15 is 0 Å². The summed E-state index contributed by atoms with van der Waals surface area (Å²) < 4.78 is 0. The number of hydrogen-bond donors (Lipinski definition) is 1. The summed E-state index contributed by atoms with van der Waals surface area (Å²) in [5, 5.41) is 3.26. The van der Waals surface area contributed by atoms with Gasteiger partial charge >= 0.3 is 0 Å². The van der Waals surface area contributed by atoms with Crippen molar-refractivity contribution >= 4 is 12.0 Å². The molecule has 1 aromatic carbocycles. The molecule has 0 radical (unpaired) electrons. The Balaban J connectivity index is 2.55. The van der Waals surface area contributed by atoms with Gasteiger partial charge in [-0.25, -0.2) is 0 Å². The van der Waals surface area contributed by atoms with Gasteiger partial charge in [-0.3, -0.25) is 4.79 Å². The van der Waals surface area contributed by atoms with Gasteiger partial charge in [0.2, 0.25) is 0 Å². The molecule has 2 heteroatoms. The second kappa shape index (κ2) is 2.98. The van der Waals surface area contributed by atoms with Crippen molar-refractivity contribution in [1.82, 2.24) is 0 Å². The number of fused-ring (bicyclic) bond motifs is 1. The number of aldehydes is 1. The van der Waals surface area contributed by atoms with Crippen LogP contribution >= 0.6 is 0 Å². The minimum atomic E-state index is -0.0858. The topological polar surface area (TPSA) is 29.1 Å². The van der Waals surface area contributed by atoms with Crippen molar-refractivity contribution in [2.45, 2.75) is 19.3 Å². The quantitative estimate of drug-likeness (QED) is 0.540. The van der Waals surface area contributed by atoms with Crippen molar-refractivity contribution in [1.29, 1.82) is 0 Å². The lowest BCUT2D eigenvalue weighted by atomic mass is 9.84. The summed E-state index contributed by atoms with van der Waals surface area (Å²) in [7, 11) is 0. The van der Waals surface area contributed by atoms with E-state index in [4.69, 9.17) is 0 Å². The number of hydrogen-bond acceptors (Lipinski definition) is 2. The number of rotatable bonds is 1. The molecule has 0 aromatic heterocycles. The highest BCUT2D eigenvalue weighted by Gasteiger charge is 2.33. The summed E-state index contributed by atoms with van der Waals surface area (Å²) >= 11 is 0. The number of anilines is 1. The van der Waals surface area contributed by atoms with E-state index in [0.29, 0.717) is 0 Å². The maximum atomic E-state index is 10.5. The Morgan fingerprint density at radius 2 is 2.00 bits per heavy atom. The van der Waals surface area contributed by atoms with Crippen LogP contribution in [0.15, 0.2) is 36.0 Å². The van der Waals surface area contributed by atoms with Gasteiger partial charge in [0.05, 0.1) is 0 Å². The van der Waals surface area contributed by atoms with Crippen LogP contribution in [-0.2, 0) is 10.2 Å². The second-order valence-corrected chi connectivity index (χ2v) is 4.01. The summed E-state index contributed by atoms with van der Waals surface area (Å²) in [6, 6.07) is 8.13. The predicted octanol–water partition coefficient (Wildman–Crippen LogP) is 2.47. The highest BCUT2D eigenvalue weighted by atomic mass is 16.1. The van der Waals surface area contributed by atoms with Crippen LogP contribution in [0.4, 0.5) is 5.69 Å². The Labute approximate surface area is 83.6 Å². The average Bonchev–Trinajstić information content (AvgIpc) is 2.41. The van der Waals surface area contributed by atoms with E-state index in [0.717, 1.165) is 17.7 Å². The Hall–Kier alpha value is -1.57. The third kappa shape index (κ3) is 1.15. The zero-order valence-corrected chi connectivity index (χ0v) is 8.37. The average molecular weight is 187 g/mol. The molecular formula is C12H13NO. The number of carbonyl (C=O) groups excluding carboxylic acids is 1. The third-order valence-corrected chi connectivity index (χ3v) is 2.78. The van der Waals surface area contributed by atoms with Crippen molar-refractivity contribution in [3.63, 3.8) is 0 Å². The summed E-state index contributed by atoms with van der Waals surface area (Å²) in [4.78, 5) is 10.5.